The van der Waals surface area contributed by atoms with E-state index in [0.29, 0.717) is 11.7 Å². The average molecular weight is 320 g/mol. The Labute approximate surface area is 138 Å². The molecule has 1 rings (SSSR count). The fourth-order valence-corrected chi connectivity index (χ4v) is 1.89. The summed E-state index contributed by atoms with van der Waals surface area (Å²) in [6, 6.07) is 7.34. The summed E-state index contributed by atoms with van der Waals surface area (Å²) >= 11 is 0. The molecular weight excluding hydrogens is 292 g/mol. The number of hydrogen-bond donors (Lipinski definition) is 3. The Balaban J connectivity index is 2.58. The molecule has 0 heterocycles. The molecule has 1 aromatic carbocycles. The summed E-state index contributed by atoms with van der Waals surface area (Å²) in [5.74, 6) is -0.566. The highest BCUT2D eigenvalue weighted by Crippen LogP contribution is 2.19. The molecule has 0 fully saturated rings. The summed E-state index contributed by atoms with van der Waals surface area (Å²) < 4.78 is 0. The number of nitrogens with two attached hydrogens (primary N) is 1. The van der Waals surface area contributed by atoms with E-state index < -0.39 is 6.04 Å². The maximum absolute atomic E-state index is 11.9. The lowest BCUT2D eigenvalue weighted by molar-refractivity contribution is -0.125. The second kappa shape index (κ2) is 8.53. The molecule has 0 bridgehead atoms. The standard InChI is InChI=1S/C17H28N4O2/c1-11(2)16(18)17(23)19-10-15(22)20-13-7-6-8-14(9-13)21(5)12(3)4/h6-9,11-12,16H,10,18H2,1-5H3,(H,19,23)(H,20,22)/t16-/m0/s1. The van der Waals surface area contributed by atoms with E-state index in [0.717, 1.165) is 5.69 Å². The van der Waals surface area contributed by atoms with Gasteiger partial charge in [0.15, 0.2) is 0 Å². The van der Waals surface area contributed by atoms with E-state index in [1.54, 1.807) is 0 Å². The number of benzene rings is 1. The number of carbonyl (C=O) groups excluding carboxylic acids is 2. The van der Waals surface area contributed by atoms with Crippen LogP contribution in [0.1, 0.15) is 27.7 Å². The van der Waals surface area contributed by atoms with E-state index in [2.05, 4.69) is 29.4 Å². The monoisotopic (exact) mass is 320 g/mol. The van der Waals surface area contributed by atoms with Crippen molar-refractivity contribution >= 4 is 23.2 Å². The van der Waals surface area contributed by atoms with Gasteiger partial charge in [-0.15, -0.1) is 0 Å². The van der Waals surface area contributed by atoms with Crippen molar-refractivity contribution in [1.82, 2.24) is 5.32 Å². The van der Waals surface area contributed by atoms with Crippen LogP contribution in [0.2, 0.25) is 0 Å². The lowest BCUT2D eigenvalue weighted by Crippen LogP contribution is -2.46. The SMILES string of the molecule is CC(C)[C@H](N)C(=O)NCC(=O)Nc1cccc(N(C)C(C)C)c1. The fraction of sp³-hybridized carbons (Fsp3) is 0.529. The molecule has 23 heavy (non-hydrogen) atoms. The molecule has 6 nitrogen and oxygen atoms in total. The normalized spacial score (nSPS) is 12.2. The summed E-state index contributed by atoms with van der Waals surface area (Å²) in [5.41, 5.74) is 7.44. The third-order valence-electron chi connectivity index (χ3n) is 3.76. The van der Waals surface area contributed by atoms with Gasteiger partial charge in [-0.25, -0.2) is 0 Å². The first-order valence-electron chi connectivity index (χ1n) is 7.88. The summed E-state index contributed by atoms with van der Waals surface area (Å²) in [6.07, 6.45) is 0. The number of rotatable bonds is 7. The van der Waals surface area contributed by atoms with Crippen LogP contribution in [0, 0.1) is 5.92 Å². The molecule has 0 radical (unpaired) electrons. The van der Waals surface area contributed by atoms with E-state index in [4.69, 9.17) is 5.73 Å². The average Bonchev–Trinajstić information content (AvgIpc) is 2.51. The molecule has 0 aliphatic heterocycles. The summed E-state index contributed by atoms with van der Waals surface area (Å²) in [6.45, 7) is 7.82. The molecule has 4 N–H and O–H groups in total. The van der Waals surface area contributed by atoms with E-state index in [1.165, 1.54) is 0 Å². The van der Waals surface area contributed by atoms with E-state index in [-0.39, 0.29) is 24.3 Å². The Kier molecular flexibility index (Phi) is 7.03. The predicted molar refractivity (Wildman–Crippen MR) is 94.4 cm³/mol. The predicted octanol–water partition coefficient (Wildman–Crippen LogP) is 1.57. The zero-order valence-corrected chi connectivity index (χ0v) is 14.6. The van der Waals surface area contributed by atoms with Crippen molar-refractivity contribution in [3.63, 3.8) is 0 Å². The third-order valence-corrected chi connectivity index (χ3v) is 3.76. The van der Waals surface area contributed by atoms with Crippen molar-refractivity contribution in [2.24, 2.45) is 11.7 Å². The van der Waals surface area contributed by atoms with Crippen molar-refractivity contribution in [1.29, 1.82) is 0 Å². The second-order valence-electron chi connectivity index (χ2n) is 6.29. The van der Waals surface area contributed by atoms with Crippen molar-refractivity contribution in [2.75, 3.05) is 23.8 Å². The molecule has 0 aliphatic carbocycles. The Hall–Kier alpha value is -2.08. The Morgan fingerprint density at radius 2 is 1.87 bits per heavy atom. The Bertz CT molecular complexity index is 543. The number of nitrogens with zero attached hydrogens (tertiary/aromatic N) is 1. The molecule has 0 aliphatic rings. The zero-order chi connectivity index (χ0) is 17.6. The summed E-state index contributed by atoms with van der Waals surface area (Å²) in [7, 11) is 2.00. The number of hydrogen-bond acceptors (Lipinski definition) is 4. The van der Waals surface area contributed by atoms with Crippen LogP contribution in [-0.2, 0) is 9.59 Å². The van der Waals surface area contributed by atoms with Gasteiger partial charge in [0.1, 0.15) is 0 Å². The van der Waals surface area contributed by atoms with Crippen molar-refractivity contribution in [3.05, 3.63) is 24.3 Å². The van der Waals surface area contributed by atoms with Gasteiger partial charge in [0.2, 0.25) is 11.8 Å². The van der Waals surface area contributed by atoms with Gasteiger partial charge in [0.05, 0.1) is 12.6 Å². The molecule has 0 saturated heterocycles. The minimum Gasteiger partial charge on any atom is -0.372 e. The van der Waals surface area contributed by atoms with Gasteiger partial charge in [-0.05, 0) is 38.0 Å². The maximum Gasteiger partial charge on any atom is 0.243 e. The first kappa shape index (κ1) is 19.0. The third kappa shape index (κ3) is 5.90. The van der Waals surface area contributed by atoms with Gasteiger partial charge < -0.3 is 21.3 Å². The highest BCUT2D eigenvalue weighted by Gasteiger charge is 2.17. The molecule has 1 aromatic rings. The first-order valence-corrected chi connectivity index (χ1v) is 7.88. The molecule has 0 unspecified atom stereocenters. The minimum atomic E-state index is -0.606. The Morgan fingerprint density at radius 3 is 2.43 bits per heavy atom. The molecule has 128 valence electrons. The van der Waals surface area contributed by atoms with Gasteiger partial charge in [-0.2, -0.15) is 0 Å². The largest absolute Gasteiger partial charge is 0.372 e. The van der Waals surface area contributed by atoms with Crippen LogP contribution in [0.3, 0.4) is 0 Å². The minimum absolute atomic E-state index is 0.0290. The molecule has 0 saturated carbocycles. The summed E-state index contributed by atoms with van der Waals surface area (Å²) in [4.78, 5) is 25.8. The van der Waals surface area contributed by atoms with Crippen LogP contribution in [-0.4, -0.2) is 37.5 Å². The van der Waals surface area contributed by atoms with Crippen LogP contribution < -0.4 is 21.3 Å². The molecule has 0 spiro atoms. The molecule has 0 aromatic heterocycles. The molecule has 1 atom stereocenters. The van der Waals surface area contributed by atoms with Crippen LogP contribution in [0.4, 0.5) is 11.4 Å². The second-order valence-corrected chi connectivity index (χ2v) is 6.29. The van der Waals surface area contributed by atoms with Crippen molar-refractivity contribution in [3.8, 4) is 0 Å². The maximum atomic E-state index is 11.9. The molecule has 6 heteroatoms. The highest BCUT2D eigenvalue weighted by molar-refractivity contribution is 5.95. The molecular formula is C17H28N4O2. The van der Waals surface area contributed by atoms with Crippen LogP contribution in [0.15, 0.2) is 24.3 Å². The Morgan fingerprint density at radius 1 is 1.22 bits per heavy atom. The highest BCUT2D eigenvalue weighted by atomic mass is 16.2. The van der Waals surface area contributed by atoms with Gasteiger partial charge in [-0.1, -0.05) is 19.9 Å². The lowest BCUT2D eigenvalue weighted by Gasteiger charge is -2.24. The van der Waals surface area contributed by atoms with Crippen molar-refractivity contribution in [2.45, 2.75) is 39.8 Å². The number of nitrogens with one attached hydrogen (secondary N) is 2. The van der Waals surface area contributed by atoms with Crippen LogP contribution in [0.5, 0.6) is 0 Å². The van der Waals surface area contributed by atoms with Gasteiger partial charge in [0, 0.05) is 24.5 Å². The van der Waals surface area contributed by atoms with E-state index >= 15 is 0 Å². The van der Waals surface area contributed by atoms with Crippen LogP contribution >= 0.6 is 0 Å². The lowest BCUT2D eigenvalue weighted by atomic mass is 10.1. The fourth-order valence-electron chi connectivity index (χ4n) is 1.89. The topological polar surface area (TPSA) is 87.5 Å². The van der Waals surface area contributed by atoms with Gasteiger partial charge >= 0.3 is 0 Å². The molecule has 2 amide bonds. The number of carbonyl (C=O) groups is 2. The summed E-state index contributed by atoms with van der Waals surface area (Å²) in [5, 5.41) is 5.33. The zero-order valence-electron chi connectivity index (χ0n) is 14.6. The van der Waals surface area contributed by atoms with Gasteiger partial charge in [0.25, 0.3) is 0 Å². The van der Waals surface area contributed by atoms with E-state index in [1.807, 2.05) is 45.2 Å². The number of anilines is 2. The smallest absolute Gasteiger partial charge is 0.243 e. The van der Waals surface area contributed by atoms with Gasteiger partial charge in [-0.3, -0.25) is 9.59 Å². The van der Waals surface area contributed by atoms with Crippen LogP contribution in [0.25, 0.3) is 0 Å². The quantitative estimate of drug-likeness (QED) is 0.711. The first-order chi connectivity index (χ1) is 10.7. The van der Waals surface area contributed by atoms with Crippen molar-refractivity contribution < 1.29 is 9.59 Å². The van der Waals surface area contributed by atoms with E-state index in [9.17, 15) is 9.59 Å². The number of amides is 2.